The molecule has 0 aliphatic carbocycles. The van der Waals surface area contributed by atoms with Crippen molar-refractivity contribution in [2.24, 2.45) is 0 Å². The van der Waals surface area contributed by atoms with Crippen molar-refractivity contribution in [3.05, 3.63) is 42.5 Å². The van der Waals surface area contributed by atoms with E-state index >= 15 is 0 Å². The highest BCUT2D eigenvalue weighted by Gasteiger charge is 2.19. The molecule has 0 aromatic heterocycles. The molecule has 1 N–H and O–H groups in total. The van der Waals surface area contributed by atoms with E-state index < -0.39 is 0 Å². The number of nitrogens with zero attached hydrogens (tertiary/aromatic N) is 1. The van der Waals surface area contributed by atoms with Crippen molar-refractivity contribution >= 4 is 11.6 Å². The summed E-state index contributed by atoms with van der Waals surface area (Å²) < 4.78 is 0. The lowest BCUT2D eigenvalue weighted by atomic mass is 10.1. The van der Waals surface area contributed by atoms with E-state index in [1.165, 1.54) is 5.56 Å². The molecule has 0 saturated carbocycles. The normalized spacial score (nSPS) is 15.1. The van der Waals surface area contributed by atoms with E-state index in [2.05, 4.69) is 18.0 Å². The third kappa shape index (κ3) is 2.14. The number of carbonyl (C=O) groups excluding carboxylic acids is 1. The highest BCUT2D eigenvalue weighted by Crippen LogP contribution is 2.22. The molecule has 0 bridgehead atoms. The number of hydrogen-bond donors (Lipinski definition) is 1. The van der Waals surface area contributed by atoms with Crippen LogP contribution in [0.5, 0.6) is 0 Å². The summed E-state index contributed by atoms with van der Waals surface area (Å²) in [5.74, 6) is 0.117. The van der Waals surface area contributed by atoms with Crippen molar-refractivity contribution in [1.29, 1.82) is 0 Å². The van der Waals surface area contributed by atoms with Crippen LogP contribution >= 0.6 is 0 Å². The minimum atomic E-state index is 0.117. The molecule has 1 amide bonds. The smallest absolute Gasteiger partial charge is 0.230 e. The Labute approximate surface area is 95.8 Å². The molecular formula is C13H16N2O. The fraction of sp³-hybridized carbons (Fsp3) is 0.308. The maximum Gasteiger partial charge on any atom is 0.230 e. The summed E-state index contributed by atoms with van der Waals surface area (Å²) in [5.41, 5.74) is 2.21. The number of anilines is 1. The minimum Gasteiger partial charge on any atom is -0.311 e. The van der Waals surface area contributed by atoms with Crippen molar-refractivity contribution in [2.45, 2.75) is 13.0 Å². The fourth-order valence-electron chi connectivity index (χ4n) is 1.95. The molecule has 0 saturated heterocycles. The highest BCUT2D eigenvalue weighted by molar-refractivity contribution is 5.95. The zero-order valence-electron chi connectivity index (χ0n) is 9.28. The van der Waals surface area contributed by atoms with Gasteiger partial charge in [0.2, 0.25) is 5.91 Å². The number of fused-ring (bicyclic) bond motifs is 1. The first-order valence-corrected chi connectivity index (χ1v) is 5.53. The monoisotopic (exact) mass is 216 g/mol. The first-order valence-electron chi connectivity index (χ1n) is 5.53. The average Bonchev–Trinajstić information content (AvgIpc) is 2.51. The Balaban J connectivity index is 2.32. The summed E-state index contributed by atoms with van der Waals surface area (Å²) in [4.78, 5) is 13.8. The third-order valence-corrected chi connectivity index (χ3v) is 2.73. The Morgan fingerprint density at radius 3 is 3.12 bits per heavy atom. The van der Waals surface area contributed by atoms with E-state index in [9.17, 15) is 4.79 Å². The molecule has 0 spiro atoms. The fourth-order valence-corrected chi connectivity index (χ4v) is 1.95. The van der Waals surface area contributed by atoms with Gasteiger partial charge in [-0.3, -0.25) is 4.79 Å². The van der Waals surface area contributed by atoms with E-state index in [1.54, 1.807) is 6.08 Å². The average molecular weight is 216 g/mol. The van der Waals surface area contributed by atoms with Gasteiger partial charge >= 0.3 is 0 Å². The van der Waals surface area contributed by atoms with Gasteiger partial charge in [0, 0.05) is 31.7 Å². The SMILES string of the molecule is C=CCC(=O)N1CCNCc2ccccc21. The predicted molar refractivity (Wildman–Crippen MR) is 65.3 cm³/mol. The Morgan fingerprint density at radius 2 is 2.31 bits per heavy atom. The Kier molecular flexibility index (Phi) is 3.37. The molecule has 3 heteroatoms. The van der Waals surface area contributed by atoms with Gasteiger partial charge in [-0.2, -0.15) is 0 Å². The summed E-state index contributed by atoms with van der Waals surface area (Å²) in [5, 5.41) is 3.31. The van der Waals surface area contributed by atoms with Gasteiger partial charge in [-0.1, -0.05) is 24.3 Å². The molecule has 1 heterocycles. The summed E-state index contributed by atoms with van der Waals surface area (Å²) in [7, 11) is 0. The van der Waals surface area contributed by atoms with Crippen molar-refractivity contribution < 1.29 is 4.79 Å². The van der Waals surface area contributed by atoms with Crippen LogP contribution in [0.25, 0.3) is 0 Å². The molecule has 84 valence electrons. The summed E-state index contributed by atoms with van der Waals surface area (Å²) in [6.45, 7) is 6.00. The molecule has 16 heavy (non-hydrogen) atoms. The quantitative estimate of drug-likeness (QED) is 0.763. The molecule has 0 unspecified atom stereocenters. The van der Waals surface area contributed by atoms with Crippen LogP contribution in [0, 0.1) is 0 Å². The number of hydrogen-bond acceptors (Lipinski definition) is 2. The minimum absolute atomic E-state index is 0.117. The van der Waals surface area contributed by atoms with Crippen LogP contribution in [0.3, 0.4) is 0 Å². The molecule has 0 fully saturated rings. The zero-order valence-corrected chi connectivity index (χ0v) is 9.28. The molecular weight excluding hydrogens is 200 g/mol. The number of amides is 1. The van der Waals surface area contributed by atoms with Gasteiger partial charge in [0.05, 0.1) is 0 Å². The van der Waals surface area contributed by atoms with Crippen molar-refractivity contribution in [1.82, 2.24) is 5.32 Å². The van der Waals surface area contributed by atoms with E-state index in [4.69, 9.17) is 0 Å². The Hall–Kier alpha value is -1.61. The van der Waals surface area contributed by atoms with Crippen LogP contribution in [-0.4, -0.2) is 19.0 Å². The number of benzene rings is 1. The number of carbonyl (C=O) groups is 1. The van der Waals surface area contributed by atoms with Gasteiger partial charge in [-0.25, -0.2) is 0 Å². The molecule has 0 radical (unpaired) electrons. The van der Waals surface area contributed by atoms with Crippen LogP contribution in [-0.2, 0) is 11.3 Å². The number of rotatable bonds is 2. The predicted octanol–water partition coefficient (Wildman–Crippen LogP) is 1.70. The molecule has 0 atom stereocenters. The van der Waals surface area contributed by atoms with E-state index in [-0.39, 0.29) is 5.91 Å². The second-order valence-corrected chi connectivity index (χ2v) is 3.84. The Morgan fingerprint density at radius 1 is 1.50 bits per heavy atom. The summed E-state index contributed by atoms with van der Waals surface area (Å²) in [6.07, 6.45) is 2.05. The molecule has 1 aliphatic heterocycles. The zero-order chi connectivity index (χ0) is 11.4. The van der Waals surface area contributed by atoms with E-state index in [1.807, 2.05) is 23.1 Å². The van der Waals surface area contributed by atoms with Crippen LogP contribution in [0.4, 0.5) is 5.69 Å². The molecule has 1 aromatic carbocycles. The molecule has 3 nitrogen and oxygen atoms in total. The third-order valence-electron chi connectivity index (χ3n) is 2.73. The van der Waals surface area contributed by atoms with Crippen molar-refractivity contribution in [2.75, 3.05) is 18.0 Å². The second kappa shape index (κ2) is 4.94. The number of para-hydroxylation sites is 1. The van der Waals surface area contributed by atoms with Crippen molar-refractivity contribution in [3.8, 4) is 0 Å². The molecule has 1 aromatic rings. The molecule has 2 rings (SSSR count). The highest BCUT2D eigenvalue weighted by atomic mass is 16.2. The van der Waals surface area contributed by atoms with Gasteiger partial charge in [-0.15, -0.1) is 6.58 Å². The van der Waals surface area contributed by atoms with E-state index in [0.29, 0.717) is 6.42 Å². The Bertz CT molecular complexity index is 401. The van der Waals surface area contributed by atoms with Crippen LogP contribution < -0.4 is 10.2 Å². The van der Waals surface area contributed by atoms with Gasteiger partial charge in [-0.05, 0) is 11.6 Å². The van der Waals surface area contributed by atoms with Crippen LogP contribution in [0.15, 0.2) is 36.9 Å². The first kappa shape index (κ1) is 10.9. The van der Waals surface area contributed by atoms with Crippen LogP contribution in [0.1, 0.15) is 12.0 Å². The molecule has 1 aliphatic rings. The lowest BCUT2D eigenvalue weighted by molar-refractivity contribution is -0.117. The standard InChI is InChI=1S/C13H16N2O/c1-2-5-13(16)15-9-8-14-10-11-6-3-4-7-12(11)15/h2-4,6-7,14H,1,5,8-10H2. The lowest BCUT2D eigenvalue weighted by Gasteiger charge is -2.21. The summed E-state index contributed by atoms with van der Waals surface area (Å²) >= 11 is 0. The second-order valence-electron chi connectivity index (χ2n) is 3.84. The first-order chi connectivity index (χ1) is 7.83. The van der Waals surface area contributed by atoms with E-state index in [0.717, 1.165) is 25.3 Å². The van der Waals surface area contributed by atoms with Gasteiger partial charge < -0.3 is 10.2 Å². The van der Waals surface area contributed by atoms with Crippen molar-refractivity contribution in [3.63, 3.8) is 0 Å². The largest absolute Gasteiger partial charge is 0.311 e. The van der Waals surface area contributed by atoms with Gasteiger partial charge in [0.1, 0.15) is 0 Å². The lowest BCUT2D eigenvalue weighted by Crippen LogP contribution is -2.34. The van der Waals surface area contributed by atoms with Gasteiger partial charge in [0.15, 0.2) is 0 Å². The van der Waals surface area contributed by atoms with Gasteiger partial charge in [0.25, 0.3) is 0 Å². The maximum absolute atomic E-state index is 11.9. The summed E-state index contributed by atoms with van der Waals surface area (Å²) in [6, 6.07) is 8.03. The maximum atomic E-state index is 11.9. The topological polar surface area (TPSA) is 32.3 Å². The number of nitrogens with one attached hydrogen (secondary N) is 1. The van der Waals surface area contributed by atoms with Crippen LogP contribution in [0.2, 0.25) is 0 Å².